The van der Waals surface area contributed by atoms with Crippen molar-refractivity contribution in [2.45, 2.75) is 91.9 Å². The molecule has 0 fully saturated rings. The van der Waals surface area contributed by atoms with Gasteiger partial charge in [-0.15, -0.1) is 0 Å². The van der Waals surface area contributed by atoms with E-state index in [4.69, 9.17) is 18.6 Å². The third-order valence-electron chi connectivity index (χ3n) is 6.02. The molecule has 1 aromatic heterocycles. The van der Waals surface area contributed by atoms with Gasteiger partial charge in [0.05, 0.1) is 13.7 Å². The maximum atomic E-state index is 12.5. The molecular formula is C30H44O5. The molecular weight excluding hydrogens is 440 g/mol. The Kier molecular flexibility index (Phi) is 13.1. The molecule has 35 heavy (non-hydrogen) atoms. The van der Waals surface area contributed by atoms with Crippen LogP contribution in [0.25, 0.3) is 11.0 Å². The molecule has 0 aliphatic carbocycles. The van der Waals surface area contributed by atoms with Crippen molar-refractivity contribution >= 4 is 11.0 Å². The standard InChI is InChI=1S/C30H44O5/c1-6-7-8-9-10-11-12-13-21-33-25-18-15-19-26-27(25)28(29(32-5)30(31)35-26)34-22-20-24(4)17-14-16-23(2)3/h15-16,18-20H,6-14,17,21-22H2,1-5H3. The van der Waals surface area contributed by atoms with E-state index in [1.165, 1.54) is 56.8 Å². The molecule has 0 saturated heterocycles. The van der Waals surface area contributed by atoms with Crippen LogP contribution in [0.15, 0.2) is 50.7 Å². The molecule has 1 heterocycles. The Balaban J connectivity index is 2.08. The van der Waals surface area contributed by atoms with Gasteiger partial charge in [-0.3, -0.25) is 0 Å². The number of unbranched alkanes of at least 4 members (excludes halogenated alkanes) is 7. The second kappa shape index (κ2) is 16.1. The molecule has 2 aromatic rings. The molecule has 0 aliphatic heterocycles. The number of rotatable bonds is 17. The van der Waals surface area contributed by atoms with Crippen molar-refractivity contribution in [2.75, 3.05) is 20.3 Å². The second-order valence-corrected chi connectivity index (χ2v) is 9.39. The van der Waals surface area contributed by atoms with Gasteiger partial charge in [-0.25, -0.2) is 4.79 Å². The highest BCUT2D eigenvalue weighted by molar-refractivity contribution is 5.91. The van der Waals surface area contributed by atoms with Crippen LogP contribution in [0, 0.1) is 0 Å². The topological polar surface area (TPSA) is 57.9 Å². The van der Waals surface area contributed by atoms with E-state index in [1.807, 2.05) is 18.2 Å². The Morgan fingerprint density at radius 1 is 0.914 bits per heavy atom. The lowest BCUT2D eigenvalue weighted by molar-refractivity contribution is 0.298. The predicted molar refractivity (Wildman–Crippen MR) is 145 cm³/mol. The van der Waals surface area contributed by atoms with Crippen LogP contribution in [0.4, 0.5) is 0 Å². The van der Waals surface area contributed by atoms with Gasteiger partial charge in [-0.05, 0) is 58.2 Å². The third kappa shape index (κ3) is 9.83. The van der Waals surface area contributed by atoms with Crippen molar-refractivity contribution in [2.24, 2.45) is 0 Å². The van der Waals surface area contributed by atoms with Crippen LogP contribution < -0.4 is 19.8 Å². The fourth-order valence-electron chi connectivity index (χ4n) is 3.98. The highest BCUT2D eigenvalue weighted by atomic mass is 16.5. The molecule has 5 heteroatoms. The van der Waals surface area contributed by atoms with Crippen LogP contribution >= 0.6 is 0 Å². The molecule has 0 N–H and O–H groups in total. The Hall–Kier alpha value is -2.69. The quantitative estimate of drug-likeness (QED) is 0.128. The summed E-state index contributed by atoms with van der Waals surface area (Å²) in [4.78, 5) is 12.5. The minimum absolute atomic E-state index is 0.0659. The van der Waals surface area contributed by atoms with Crippen LogP contribution in [0.3, 0.4) is 0 Å². The summed E-state index contributed by atoms with van der Waals surface area (Å²) in [5, 5.41) is 0.638. The van der Waals surface area contributed by atoms with E-state index in [9.17, 15) is 4.79 Å². The number of allylic oxidation sites excluding steroid dienone is 3. The van der Waals surface area contributed by atoms with Gasteiger partial charge >= 0.3 is 5.63 Å². The van der Waals surface area contributed by atoms with Crippen molar-refractivity contribution in [1.82, 2.24) is 0 Å². The first-order valence-electron chi connectivity index (χ1n) is 13.2. The summed E-state index contributed by atoms with van der Waals surface area (Å²) in [6.07, 6.45) is 16.2. The number of ether oxygens (including phenoxy) is 3. The van der Waals surface area contributed by atoms with Gasteiger partial charge in [0.15, 0.2) is 5.75 Å². The fourth-order valence-corrected chi connectivity index (χ4v) is 3.98. The Morgan fingerprint density at radius 2 is 1.63 bits per heavy atom. The molecule has 0 bridgehead atoms. The van der Waals surface area contributed by atoms with Crippen LogP contribution in [0.5, 0.6) is 17.2 Å². The summed E-state index contributed by atoms with van der Waals surface area (Å²) in [6.45, 7) is 9.49. The van der Waals surface area contributed by atoms with E-state index in [1.54, 1.807) is 6.07 Å². The summed E-state index contributed by atoms with van der Waals surface area (Å²) in [7, 11) is 1.45. The Labute approximate surface area is 211 Å². The molecule has 0 spiro atoms. The van der Waals surface area contributed by atoms with Crippen LogP contribution in [-0.2, 0) is 0 Å². The predicted octanol–water partition coefficient (Wildman–Crippen LogP) is 8.39. The molecule has 0 atom stereocenters. The van der Waals surface area contributed by atoms with Gasteiger partial charge in [0.25, 0.3) is 0 Å². The molecule has 2 rings (SSSR count). The number of methoxy groups -OCH3 is 1. The maximum absolute atomic E-state index is 12.5. The normalized spacial score (nSPS) is 11.5. The van der Waals surface area contributed by atoms with Crippen molar-refractivity contribution in [3.8, 4) is 17.2 Å². The number of hydrogen-bond acceptors (Lipinski definition) is 5. The Bertz CT molecular complexity index is 1010. The third-order valence-corrected chi connectivity index (χ3v) is 6.02. The van der Waals surface area contributed by atoms with Gasteiger partial charge in [-0.1, -0.05) is 75.2 Å². The number of benzene rings is 1. The molecule has 1 aromatic carbocycles. The highest BCUT2D eigenvalue weighted by Gasteiger charge is 2.20. The highest BCUT2D eigenvalue weighted by Crippen LogP contribution is 2.39. The molecule has 194 valence electrons. The lowest BCUT2D eigenvalue weighted by Gasteiger charge is -2.15. The monoisotopic (exact) mass is 484 g/mol. The van der Waals surface area contributed by atoms with E-state index >= 15 is 0 Å². The van der Waals surface area contributed by atoms with Gasteiger partial charge in [0.1, 0.15) is 23.3 Å². The van der Waals surface area contributed by atoms with E-state index in [0.29, 0.717) is 35.7 Å². The van der Waals surface area contributed by atoms with Crippen molar-refractivity contribution < 1.29 is 18.6 Å². The lowest BCUT2D eigenvalue weighted by atomic mass is 10.1. The second-order valence-electron chi connectivity index (χ2n) is 9.39. The zero-order chi connectivity index (χ0) is 25.5. The smallest absolute Gasteiger partial charge is 0.383 e. The molecule has 5 nitrogen and oxygen atoms in total. The summed E-state index contributed by atoms with van der Waals surface area (Å²) in [6, 6.07) is 5.48. The van der Waals surface area contributed by atoms with E-state index < -0.39 is 5.63 Å². The number of fused-ring (bicyclic) bond motifs is 1. The van der Waals surface area contributed by atoms with Crippen molar-refractivity contribution in [3.63, 3.8) is 0 Å². The molecule has 0 aliphatic rings. The first kappa shape index (κ1) is 28.5. The lowest BCUT2D eigenvalue weighted by Crippen LogP contribution is -2.09. The molecule has 0 radical (unpaired) electrons. The van der Waals surface area contributed by atoms with Gasteiger partial charge in [0.2, 0.25) is 5.75 Å². The maximum Gasteiger partial charge on any atom is 0.383 e. The van der Waals surface area contributed by atoms with Crippen LogP contribution in [-0.4, -0.2) is 20.3 Å². The molecule has 0 unspecified atom stereocenters. The minimum atomic E-state index is -0.556. The minimum Gasteiger partial charge on any atom is -0.493 e. The molecule has 0 saturated carbocycles. The summed E-state index contributed by atoms with van der Waals surface area (Å²) >= 11 is 0. The fraction of sp³-hybridized carbons (Fsp3) is 0.567. The largest absolute Gasteiger partial charge is 0.493 e. The Morgan fingerprint density at radius 3 is 2.31 bits per heavy atom. The van der Waals surface area contributed by atoms with E-state index in [0.717, 1.165) is 25.7 Å². The summed E-state index contributed by atoms with van der Waals surface area (Å²) < 4.78 is 23.1. The number of hydrogen-bond donors (Lipinski definition) is 0. The first-order chi connectivity index (χ1) is 17.0. The zero-order valence-corrected chi connectivity index (χ0v) is 22.4. The van der Waals surface area contributed by atoms with Crippen LogP contribution in [0.2, 0.25) is 0 Å². The van der Waals surface area contributed by atoms with Crippen molar-refractivity contribution in [1.29, 1.82) is 0 Å². The average Bonchev–Trinajstić information content (AvgIpc) is 2.82. The first-order valence-corrected chi connectivity index (χ1v) is 13.2. The van der Waals surface area contributed by atoms with Gasteiger partial charge < -0.3 is 18.6 Å². The summed E-state index contributed by atoms with van der Waals surface area (Å²) in [5.74, 6) is 1.08. The zero-order valence-electron chi connectivity index (χ0n) is 22.4. The SMILES string of the molecule is CCCCCCCCCCOc1cccc2oc(=O)c(OC)c(OCC=C(C)CCC=C(C)C)c12. The van der Waals surface area contributed by atoms with Gasteiger partial charge in [-0.2, -0.15) is 0 Å². The van der Waals surface area contributed by atoms with Crippen molar-refractivity contribution in [3.05, 3.63) is 51.9 Å². The summed E-state index contributed by atoms with van der Waals surface area (Å²) in [5.41, 5.74) is 2.43. The average molecular weight is 485 g/mol. The van der Waals surface area contributed by atoms with Gasteiger partial charge in [0, 0.05) is 0 Å². The molecule has 0 amide bonds. The van der Waals surface area contributed by atoms with E-state index in [-0.39, 0.29) is 5.75 Å². The van der Waals surface area contributed by atoms with Crippen LogP contribution in [0.1, 0.15) is 91.9 Å². The van der Waals surface area contributed by atoms with E-state index in [2.05, 4.69) is 33.8 Å².